The topological polar surface area (TPSA) is 136 Å². The van der Waals surface area contributed by atoms with Gasteiger partial charge in [0.1, 0.15) is 12.0 Å². The minimum atomic E-state index is -1.24. The van der Waals surface area contributed by atoms with Crippen LogP contribution in [0.4, 0.5) is 0 Å². The SMILES string of the molecule is COC(=O)c1ccc2c(c1)CC[C@@H]2NC(=O)c1cc(C(=O)O)n2ncnc2n1. The van der Waals surface area contributed by atoms with Gasteiger partial charge in [-0.3, -0.25) is 4.79 Å². The summed E-state index contributed by atoms with van der Waals surface area (Å²) < 4.78 is 5.78. The van der Waals surface area contributed by atoms with Gasteiger partial charge in [0.05, 0.1) is 18.7 Å². The smallest absolute Gasteiger partial charge is 0.354 e. The van der Waals surface area contributed by atoms with Crippen LogP contribution in [0.25, 0.3) is 5.78 Å². The van der Waals surface area contributed by atoms with Crippen LogP contribution in [-0.2, 0) is 11.2 Å². The van der Waals surface area contributed by atoms with Crippen LogP contribution in [0.5, 0.6) is 0 Å². The van der Waals surface area contributed by atoms with Gasteiger partial charge in [0.2, 0.25) is 0 Å². The summed E-state index contributed by atoms with van der Waals surface area (Å²) in [5.74, 6) is -2.14. The lowest BCUT2D eigenvalue weighted by molar-refractivity contribution is 0.0599. The molecule has 0 saturated heterocycles. The number of nitrogens with zero attached hydrogens (tertiary/aromatic N) is 4. The van der Waals surface area contributed by atoms with Crippen LogP contribution in [0, 0.1) is 0 Å². The number of carbonyl (C=O) groups excluding carboxylic acids is 2. The van der Waals surface area contributed by atoms with Crippen molar-refractivity contribution in [2.45, 2.75) is 18.9 Å². The molecule has 0 aliphatic heterocycles. The number of methoxy groups -OCH3 is 1. The van der Waals surface area contributed by atoms with Gasteiger partial charge in [-0.2, -0.15) is 14.6 Å². The maximum Gasteiger partial charge on any atom is 0.354 e. The highest BCUT2D eigenvalue weighted by atomic mass is 16.5. The zero-order chi connectivity index (χ0) is 19.8. The summed E-state index contributed by atoms with van der Waals surface area (Å²) in [7, 11) is 1.32. The lowest BCUT2D eigenvalue weighted by Gasteiger charge is -2.14. The predicted molar refractivity (Wildman–Crippen MR) is 94.1 cm³/mol. The number of fused-ring (bicyclic) bond motifs is 2. The third-order valence-corrected chi connectivity index (χ3v) is 4.65. The van der Waals surface area contributed by atoms with Crippen molar-refractivity contribution in [2.75, 3.05) is 7.11 Å². The fraction of sp³-hybridized carbons (Fsp3) is 0.222. The van der Waals surface area contributed by atoms with E-state index in [0.29, 0.717) is 18.4 Å². The minimum absolute atomic E-state index is 0.0274. The molecule has 1 aromatic carbocycles. The van der Waals surface area contributed by atoms with E-state index >= 15 is 0 Å². The number of carbonyl (C=O) groups is 3. The fourth-order valence-electron chi connectivity index (χ4n) is 3.33. The van der Waals surface area contributed by atoms with Crippen molar-refractivity contribution in [3.63, 3.8) is 0 Å². The number of esters is 1. The summed E-state index contributed by atoms with van der Waals surface area (Å²) >= 11 is 0. The highest BCUT2D eigenvalue weighted by Gasteiger charge is 2.26. The van der Waals surface area contributed by atoms with Crippen LogP contribution in [0.3, 0.4) is 0 Å². The highest BCUT2D eigenvalue weighted by Crippen LogP contribution is 2.32. The monoisotopic (exact) mass is 381 g/mol. The van der Waals surface area contributed by atoms with Gasteiger partial charge in [0.15, 0.2) is 5.69 Å². The molecule has 28 heavy (non-hydrogen) atoms. The molecule has 1 atom stereocenters. The van der Waals surface area contributed by atoms with Crippen LogP contribution in [-0.4, -0.2) is 49.6 Å². The third-order valence-electron chi connectivity index (χ3n) is 4.65. The molecule has 0 unspecified atom stereocenters. The number of benzene rings is 1. The molecule has 0 bridgehead atoms. The van der Waals surface area contributed by atoms with E-state index in [4.69, 9.17) is 4.74 Å². The van der Waals surface area contributed by atoms with Crippen molar-refractivity contribution in [1.82, 2.24) is 24.9 Å². The van der Waals surface area contributed by atoms with Gasteiger partial charge in [-0.25, -0.2) is 14.6 Å². The average Bonchev–Trinajstić information content (AvgIpc) is 3.32. The van der Waals surface area contributed by atoms with Crippen LogP contribution in [0.15, 0.2) is 30.6 Å². The second kappa shape index (κ2) is 6.72. The molecule has 2 N–H and O–H groups in total. The van der Waals surface area contributed by atoms with Gasteiger partial charge in [-0.15, -0.1) is 0 Å². The van der Waals surface area contributed by atoms with Gasteiger partial charge < -0.3 is 15.2 Å². The number of rotatable bonds is 4. The van der Waals surface area contributed by atoms with Crippen molar-refractivity contribution in [2.24, 2.45) is 0 Å². The first-order valence-corrected chi connectivity index (χ1v) is 8.44. The second-order valence-corrected chi connectivity index (χ2v) is 6.27. The molecule has 2 aromatic heterocycles. The molecule has 1 aliphatic rings. The van der Waals surface area contributed by atoms with E-state index in [-0.39, 0.29) is 23.2 Å². The van der Waals surface area contributed by atoms with Crippen LogP contribution < -0.4 is 5.32 Å². The van der Waals surface area contributed by atoms with Gasteiger partial charge in [-0.1, -0.05) is 6.07 Å². The Balaban J connectivity index is 1.60. The second-order valence-electron chi connectivity index (χ2n) is 6.27. The predicted octanol–water partition coefficient (Wildman–Crippen LogP) is 1.03. The van der Waals surface area contributed by atoms with Crippen LogP contribution in [0.1, 0.15) is 54.9 Å². The van der Waals surface area contributed by atoms with Gasteiger partial charge in [-0.05, 0) is 36.1 Å². The number of ether oxygens (including phenoxy) is 1. The van der Waals surface area contributed by atoms with E-state index in [2.05, 4.69) is 20.4 Å². The van der Waals surface area contributed by atoms with E-state index in [1.165, 1.54) is 13.4 Å². The number of aryl methyl sites for hydroxylation is 1. The van der Waals surface area contributed by atoms with Crippen LogP contribution in [0.2, 0.25) is 0 Å². The molecule has 0 spiro atoms. The molecular formula is C18H15N5O5. The Morgan fingerprint density at radius 3 is 2.86 bits per heavy atom. The standard InChI is InChI=1S/C18H15N5O5/c1-28-17(27)10-2-4-11-9(6-10)3-5-12(11)21-15(24)13-7-14(16(25)26)23-18(22-13)19-8-20-23/h2,4,6-8,12H,3,5H2,1H3,(H,21,24)(H,25,26)/t12-/m0/s1. The number of carboxylic acid groups (broad SMARTS) is 1. The molecule has 0 radical (unpaired) electrons. The molecular weight excluding hydrogens is 366 g/mol. The fourth-order valence-corrected chi connectivity index (χ4v) is 3.33. The first-order chi connectivity index (χ1) is 13.5. The summed E-state index contributed by atoms with van der Waals surface area (Å²) in [5, 5.41) is 16.0. The van der Waals surface area contributed by atoms with E-state index in [1.54, 1.807) is 18.2 Å². The quantitative estimate of drug-likeness (QED) is 0.640. The lowest BCUT2D eigenvalue weighted by atomic mass is 10.0. The van der Waals surface area contributed by atoms with Crippen molar-refractivity contribution in [3.05, 3.63) is 58.7 Å². The number of carboxylic acids is 1. The summed E-state index contributed by atoms with van der Waals surface area (Å²) in [6, 6.07) is 6.10. The normalized spacial score (nSPS) is 15.2. The van der Waals surface area contributed by atoms with Crippen molar-refractivity contribution < 1.29 is 24.2 Å². The molecule has 3 aromatic rings. The van der Waals surface area contributed by atoms with Crippen molar-refractivity contribution in [1.29, 1.82) is 0 Å². The molecule has 0 saturated carbocycles. The van der Waals surface area contributed by atoms with E-state index in [0.717, 1.165) is 21.7 Å². The van der Waals surface area contributed by atoms with Crippen molar-refractivity contribution >= 4 is 23.6 Å². The van der Waals surface area contributed by atoms with Gasteiger partial charge >= 0.3 is 11.9 Å². The number of aromatic carboxylic acids is 1. The zero-order valence-electron chi connectivity index (χ0n) is 14.7. The third kappa shape index (κ3) is 2.94. The Bertz CT molecular complexity index is 1120. The Hall–Kier alpha value is -3.82. The first kappa shape index (κ1) is 17.6. The molecule has 142 valence electrons. The maximum absolute atomic E-state index is 12.7. The Morgan fingerprint density at radius 1 is 1.29 bits per heavy atom. The van der Waals surface area contributed by atoms with Gasteiger partial charge in [0.25, 0.3) is 11.7 Å². The summed E-state index contributed by atoms with van der Waals surface area (Å²) in [6.45, 7) is 0. The largest absolute Gasteiger partial charge is 0.477 e. The number of aromatic nitrogens is 4. The Labute approximate surface area is 158 Å². The lowest BCUT2D eigenvalue weighted by Crippen LogP contribution is -2.28. The molecule has 1 amide bonds. The molecule has 10 heteroatoms. The number of nitrogens with one attached hydrogen (secondary N) is 1. The summed E-state index contributed by atoms with van der Waals surface area (Å²) in [6.07, 6.45) is 2.52. The summed E-state index contributed by atoms with van der Waals surface area (Å²) in [5.41, 5.74) is 2.06. The maximum atomic E-state index is 12.7. The highest BCUT2D eigenvalue weighted by molar-refractivity contribution is 5.96. The van der Waals surface area contributed by atoms with Gasteiger partial charge in [0, 0.05) is 6.07 Å². The zero-order valence-corrected chi connectivity index (χ0v) is 14.7. The molecule has 0 fully saturated rings. The average molecular weight is 381 g/mol. The van der Waals surface area contributed by atoms with E-state index in [9.17, 15) is 19.5 Å². The molecule has 4 rings (SSSR count). The van der Waals surface area contributed by atoms with Crippen LogP contribution >= 0.6 is 0 Å². The summed E-state index contributed by atoms with van der Waals surface area (Å²) in [4.78, 5) is 43.7. The minimum Gasteiger partial charge on any atom is -0.477 e. The number of hydrogen-bond acceptors (Lipinski definition) is 7. The van der Waals surface area contributed by atoms with Crippen molar-refractivity contribution in [3.8, 4) is 0 Å². The molecule has 2 heterocycles. The van der Waals surface area contributed by atoms with E-state index in [1.807, 2.05) is 0 Å². The number of hydrogen-bond donors (Lipinski definition) is 2. The van der Waals surface area contributed by atoms with E-state index < -0.39 is 17.8 Å². The Kier molecular flexibility index (Phi) is 4.22. The number of amides is 1. The Morgan fingerprint density at radius 2 is 2.11 bits per heavy atom. The molecule has 10 nitrogen and oxygen atoms in total. The first-order valence-electron chi connectivity index (χ1n) is 8.44. The molecule has 1 aliphatic carbocycles.